The largest absolute Gasteiger partial charge is 0.522 e. The zero-order chi connectivity index (χ0) is 15.0. The van der Waals surface area contributed by atoms with Gasteiger partial charge in [-0.05, 0) is 12.0 Å². The third-order valence-corrected chi connectivity index (χ3v) is 2.48. The third-order valence-electron chi connectivity index (χ3n) is 2.48. The van der Waals surface area contributed by atoms with Gasteiger partial charge in [-0.15, -0.1) is 13.2 Å². The Kier molecular flexibility index (Phi) is 6.30. The molecule has 0 bridgehead atoms. The summed E-state index contributed by atoms with van der Waals surface area (Å²) in [7, 11) is 0. The van der Waals surface area contributed by atoms with Gasteiger partial charge < -0.3 is 10.1 Å². The molecule has 0 aromatic heterocycles. The quantitative estimate of drug-likeness (QED) is 0.875. The highest BCUT2D eigenvalue weighted by atomic mass is 19.4. The minimum atomic E-state index is -4.71. The Bertz CT molecular complexity index is 409. The molecular weight excluding hydrogens is 275 g/mol. The highest BCUT2D eigenvalue weighted by molar-refractivity contribution is 5.67. The molecule has 0 spiro atoms. The second kappa shape index (κ2) is 7.74. The van der Waals surface area contributed by atoms with Gasteiger partial charge in [-0.1, -0.05) is 37.3 Å². The normalized spacial score (nSPS) is 12.8. The summed E-state index contributed by atoms with van der Waals surface area (Å²) in [4.78, 5) is 11.4. The first kappa shape index (κ1) is 16.3. The number of rotatable bonds is 6. The van der Waals surface area contributed by atoms with E-state index in [4.69, 9.17) is 4.74 Å². The number of benzene rings is 1. The minimum absolute atomic E-state index is 0.0588. The second-order valence-corrected chi connectivity index (χ2v) is 4.07. The summed E-state index contributed by atoms with van der Waals surface area (Å²) in [6, 6.07) is 8.21. The van der Waals surface area contributed by atoms with Gasteiger partial charge in [0, 0.05) is 0 Å². The predicted octanol–water partition coefficient (Wildman–Crippen LogP) is 3.23. The van der Waals surface area contributed by atoms with Crippen molar-refractivity contribution in [3.05, 3.63) is 35.9 Å². The van der Waals surface area contributed by atoms with Crippen LogP contribution in [0.15, 0.2) is 30.3 Å². The molecule has 0 fully saturated rings. The van der Waals surface area contributed by atoms with Crippen molar-refractivity contribution in [3.63, 3.8) is 0 Å². The van der Waals surface area contributed by atoms with Crippen molar-refractivity contribution in [2.45, 2.75) is 32.4 Å². The molecule has 1 amide bonds. The van der Waals surface area contributed by atoms with Crippen molar-refractivity contribution in [1.82, 2.24) is 5.32 Å². The Balaban J connectivity index is 2.32. The number of nitrogens with one attached hydrogen (secondary N) is 1. The van der Waals surface area contributed by atoms with Crippen LogP contribution in [0, 0.1) is 0 Å². The van der Waals surface area contributed by atoms with Crippen LogP contribution in [0.2, 0.25) is 0 Å². The predicted molar refractivity (Wildman–Crippen MR) is 65.8 cm³/mol. The molecule has 7 heteroatoms. The summed E-state index contributed by atoms with van der Waals surface area (Å²) in [6.45, 7) is 1.06. The maximum absolute atomic E-state index is 11.9. The Morgan fingerprint density at radius 3 is 2.50 bits per heavy atom. The number of alkyl carbamates (subject to hydrolysis) is 1. The number of hydrogen-bond acceptors (Lipinski definition) is 3. The molecule has 0 heterocycles. The molecule has 1 rings (SSSR count). The van der Waals surface area contributed by atoms with E-state index in [0.717, 1.165) is 5.56 Å². The molecule has 1 aromatic rings. The molecule has 0 aliphatic heterocycles. The molecule has 20 heavy (non-hydrogen) atoms. The number of amides is 1. The summed E-state index contributed by atoms with van der Waals surface area (Å²) in [5.74, 6) is 0. The van der Waals surface area contributed by atoms with Crippen molar-refractivity contribution in [2.24, 2.45) is 0 Å². The molecule has 0 radical (unpaired) electrons. The topological polar surface area (TPSA) is 47.6 Å². The van der Waals surface area contributed by atoms with E-state index in [1.807, 2.05) is 6.07 Å². The Morgan fingerprint density at radius 1 is 1.30 bits per heavy atom. The van der Waals surface area contributed by atoms with Crippen LogP contribution in [0.25, 0.3) is 0 Å². The van der Waals surface area contributed by atoms with Gasteiger partial charge in [0.25, 0.3) is 0 Å². The molecule has 0 saturated carbocycles. The van der Waals surface area contributed by atoms with E-state index in [1.165, 1.54) is 0 Å². The van der Waals surface area contributed by atoms with Gasteiger partial charge in [-0.25, -0.2) is 4.79 Å². The van der Waals surface area contributed by atoms with Crippen LogP contribution in [-0.4, -0.2) is 25.1 Å². The zero-order valence-corrected chi connectivity index (χ0v) is 10.9. The van der Waals surface area contributed by atoms with E-state index in [9.17, 15) is 18.0 Å². The number of ether oxygens (including phenoxy) is 2. The van der Waals surface area contributed by atoms with Crippen molar-refractivity contribution >= 4 is 6.09 Å². The third kappa shape index (κ3) is 6.98. The molecule has 1 aromatic carbocycles. The van der Waals surface area contributed by atoms with Gasteiger partial charge in [0.15, 0.2) is 0 Å². The fourth-order valence-electron chi connectivity index (χ4n) is 1.39. The molecule has 1 unspecified atom stereocenters. The monoisotopic (exact) mass is 291 g/mol. The number of carbonyl (C=O) groups excluding carboxylic acids is 1. The van der Waals surface area contributed by atoms with Gasteiger partial charge in [0.05, 0.1) is 12.6 Å². The molecule has 1 N–H and O–H groups in total. The highest BCUT2D eigenvalue weighted by Gasteiger charge is 2.30. The second-order valence-electron chi connectivity index (χ2n) is 4.07. The van der Waals surface area contributed by atoms with Gasteiger partial charge in [0.1, 0.15) is 6.61 Å². The van der Waals surface area contributed by atoms with Crippen LogP contribution in [-0.2, 0) is 16.1 Å². The number of hydrogen-bond donors (Lipinski definition) is 1. The van der Waals surface area contributed by atoms with Crippen LogP contribution < -0.4 is 5.32 Å². The van der Waals surface area contributed by atoms with E-state index in [-0.39, 0.29) is 6.61 Å². The minimum Gasteiger partial charge on any atom is -0.445 e. The summed E-state index contributed by atoms with van der Waals surface area (Å²) < 4.78 is 44.3. The van der Waals surface area contributed by atoms with E-state index in [1.54, 1.807) is 31.2 Å². The van der Waals surface area contributed by atoms with E-state index in [2.05, 4.69) is 10.1 Å². The van der Waals surface area contributed by atoms with E-state index in [0.29, 0.717) is 6.42 Å². The lowest BCUT2D eigenvalue weighted by atomic mass is 10.2. The number of alkyl halides is 3. The maximum atomic E-state index is 11.9. The van der Waals surface area contributed by atoms with Gasteiger partial charge >= 0.3 is 12.5 Å². The standard InChI is InChI=1S/C13H16F3NO3/c1-2-11(9-20-13(14,15)16)17-12(18)19-8-10-6-4-3-5-7-10/h3-7,11H,2,8-9H2,1H3,(H,17,18). The molecule has 112 valence electrons. The van der Waals surface area contributed by atoms with Crippen LogP contribution in [0.4, 0.5) is 18.0 Å². The van der Waals surface area contributed by atoms with Crippen molar-refractivity contribution in [2.75, 3.05) is 6.61 Å². The smallest absolute Gasteiger partial charge is 0.445 e. The van der Waals surface area contributed by atoms with Crippen molar-refractivity contribution < 1.29 is 27.4 Å². The lowest BCUT2D eigenvalue weighted by Gasteiger charge is -2.17. The van der Waals surface area contributed by atoms with E-state index < -0.39 is 25.1 Å². The van der Waals surface area contributed by atoms with Crippen molar-refractivity contribution in [1.29, 1.82) is 0 Å². The van der Waals surface area contributed by atoms with Gasteiger partial charge in [-0.3, -0.25) is 4.74 Å². The number of halogens is 3. The van der Waals surface area contributed by atoms with Crippen LogP contribution in [0.5, 0.6) is 0 Å². The Morgan fingerprint density at radius 2 is 1.95 bits per heavy atom. The fraction of sp³-hybridized carbons (Fsp3) is 0.462. The van der Waals surface area contributed by atoms with Crippen LogP contribution in [0.1, 0.15) is 18.9 Å². The molecule has 0 aliphatic carbocycles. The summed E-state index contributed by atoms with van der Waals surface area (Å²) in [6.07, 6.45) is -5.17. The van der Waals surface area contributed by atoms with Crippen molar-refractivity contribution in [3.8, 4) is 0 Å². The number of carbonyl (C=O) groups is 1. The van der Waals surface area contributed by atoms with E-state index >= 15 is 0 Å². The average Bonchev–Trinajstić information content (AvgIpc) is 2.41. The summed E-state index contributed by atoms with van der Waals surface area (Å²) in [5.41, 5.74) is 0.794. The Hall–Kier alpha value is -1.76. The van der Waals surface area contributed by atoms with Gasteiger partial charge in [-0.2, -0.15) is 0 Å². The molecule has 0 aliphatic rings. The first-order chi connectivity index (χ1) is 9.40. The highest BCUT2D eigenvalue weighted by Crippen LogP contribution is 2.16. The lowest BCUT2D eigenvalue weighted by Crippen LogP contribution is -2.39. The maximum Gasteiger partial charge on any atom is 0.522 e. The van der Waals surface area contributed by atoms with Crippen LogP contribution in [0.3, 0.4) is 0 Å². The summed E-state index contributed by atoms with van der Waals surface area (Å²) in [5, 5.41) is 2.32. The Labute approximate surface area is 114 Å². The van der Waals surface area contributed by atoms with Crippen LogP contribution >= 0.6 is 0 Å². The zero-order valence-electron chi connectivity index (χ0n) is 10.9. The lowest BCUT2D eigenvalue weighted by molar-refractivity contribution is -0.326. The first-order valence-electron chi connectivity index (χ1n) is 6.08. The molecule has 0 saturated heterocycles. The first-order valence-corrected chi connectivity index (χ1v) is 6.08. The van der Waals surface area contributed by atoms with Gasteiger partial charge in [0.2, 0.25) is 0 Å². The molecule has 4 nitrogen and oxygen atoms in total. The molecular formula is C13H16F3NO3. The summed E-state index contributed by atoms with van der Waals surface area (Å²) >= 11 is 0. The average molecular weight is 291 g/mol. The molecule has 1 atom stereocenters. The SMILES string of the molecule is CCC(COC(F)(F)F)NC(=O)OCc1ccccc1. The fourth-order valence-corrected chi connectivity index (χ4v) is 1.39.